The molecular formula is C9H4Br2INO. The summed E-state index contributed by atoms with van der Waals surface area (Å²) in [6.45, 7) is 0. The Balaban J connectivity index is 2.81. The van der Waals surface area contributed by atoms with Crippen LogP contribution in [0.1, 0.15) is 0 Å². The van der Waals surface area contributed by atoms with Crippen LogP contribution in [0.3, 0.4) is 0 Å². The fourth-order valence-electron chi connectivity index (χ4n) is 0.779. The molecule has 2 nitrogen and oxygen atoms in total. The van der Waals surface area contributed by atoms with E-state index in [1.54, 1.807) is 6.07 Å². The summed E-state index contributed by atoms with van der Waals surface area (Å²) in [5.41, 5.74) is 0.734. The van der Waals surface area contributed by atoms with Crippen molar-refractivity contribution in [2.75, 3.05) is 5.32 Å². The first-order chi connectivity index (χ1) is 6.63. The van der Waals surface area contributed by atoms with Gasteiger partial charge in [-0.2, -0.15) is 0 Å². The number of rotatable bonds is 1. The van der Waals surface area contributed by atoms with Gasteiger partial charge in [-0.1, -0.05) is 0 Å². The highest BCUT2D eigenvalue weighted by molar-refractivity contribution is 14.1. The van der Waals surface area contributed by atoms with Crippen LogP contribution >= 0.6 is 54.5 Å². The summed E-state index contributed by atoms with van der Waals surface area (Å²) in [7, 11) is 0. The topological polar surface area (TPSA) is 29.1 Å². The zero-order valence-electron chi connectivity index (χ0n) is 6.77. The fourth-order valence-corrected chi connectivity index (χ4v) is 1.72. The van der Waals surface area contributed by atoms with Crippen molar-refractivity contribution in [1.29, 1.82) is 0 Å². The van der Waals surface area contributed by atoms with Crippen molar-refractivity contribution < 1.29 is 4.79 Å². The van der Waals surface area contributed by atoms with Crippen molar-refractivity contribution in [1.82, 2.24) is 0 Å². The molecule has 1 amide bonds. The van der Waals surface area contributed by atoms with Crippen LogP contribution in [0.2, 0.25) is 0 Å². The van der Waals surface area contributed by atoms with E-state index in [1.165, 1.54) is 0 Å². The molecule has 5 heteroatoms. The Kier molecular flexibility index (Phi) is 4.92. The van der Waals surface area contributed by atoms with E-state index in [2.05, 4.69) is 70.5 Å². The Morgan fingerprint density at radius 1 is 1.50 bits per heavy atom. The molecule has 0 aromatic heterocycles. The van der Waals surface area contributed by atoms with Crippen LogP contribution in [-0.2, 0) is 4.79 Å². The van der Waals surface area contributed by atoms with E-state index in [0.717, 1.165) is 13.7 Å². The zero-order chi connectivity index (χ0) is 10.6. The highest BCUT2D eigenvalue weighted by Gasteiger charge is 2.00. The molecular weight excluding hydrogens is 425 g/mol. The quantitative estimate of drug-likeness (QED) is 0.539. The number of halogens is 3. The lowest BCUT2D eigenvalue weighted by molar-refractivity contribution is -0.111. The van der Waals surface area contributed by atoms with E-state index in [0.29, 0.717) is 0 Å². The van der Waals surface area contributed by atoms with Gasteiger partial charge < -0.3 is 5.32 Å². The van der Waals surface area contributed by atoms with E-state index in [9.17, 15) is 4.79 Å². The van der Waals surface area contributed by atoms with Crippen LogP contribution in [-0.4, -0.2) is 5.91 Å². The third kappa shape index (κ3) is 3.59. The summed E-state index contributed by atoms with van der Waals surface area (Å²) in [5.74, 6) is 2.00. The van der Waals surface area contributed by atoms with Gasteiger partial charge in [0, 0.05) is 35.6 Å². The molecule has 1 N–H and O–H groups in total. The number of carbonyl (C=O) groups is 1. The summed E-state index contributed by atoms with van der Waals surface area (Å²) in [6, 6.07) is 5.54. The highest BCUT2D eigenvalue weighted by atomic mass is 127. The number of anilines is 1. The molecule has 0 spiro atoms. The lowest BCUT2D eigenvalue weighted by Gasteiger charge is -2.02. The summed E-state index contributed by atoms with van der Waals surface area (Å²) < 4.78 is 2.04. The van der Waals surface area contributed by atoms with Crippen LogP contribution in [0, 0.1) is 14.3 Å². The first-order valence-electron chi connectivity index (χ1n) is 3.51. The van der Waals surface area contributed by atoms with Gasteiger partial charge in [0.2, 0.25) is 0 Å². The SMILES string of the molecule is O=C(C#CBr)Nc1ccc(Br)c(I)c1. The lowest BCUT2D eigenvalue weighted by atomic mass is 10.3. The molecule has 14 heavy (non-hydrogen) atoms. The molecule has 0 aliphatic carbocycles. The second kappa shape index (κ2) is 5.73. The van der Waals surface area contributed by atoms with Crippen LogP contribution in [0.4, 0.5) is 5.69 Å². The number of hydrogen-bond donors (Lipinski definition) is 1. The maximum absolute atomic E-state index is 11.1. The minimum absolute atomic E-state index is 0.333. The molecule has 0 saturated carbocycles. The average Bonchev–Trinajstić information content (AvgIpc) is 2.12. The van der Waals surface area contributed by atoms with Gasteiger partial charge >= 0.3 is 5.91 Å². The molecule has 0 aliphatic heterocycles. The Labute approximate surface area is 112 Å². The Bertz CT molecular complexity index is 423. The van der Waals surface area contributed by atoms with Crippen molar-refractivity contribution in [2.24, 2.45) is 0 Å². The van der Waals surface area contributed by atoms with E-state index in [1.807, 2.05) is 12.1 Å². The largest absolute Gasteiger partial charge is 0.315 e. The van der Waals surface area contributed by atoms with Crippen LogP contribution in [0.25, 0.3) is 0 Å². The Hall–Kier alpha value is -0.0600. The Morgan fingerprint density at radius 3 is 2.79 bits per heavy atom. The number of nitrogens with one attached hydrogen (secondary N) is 1. The van der Waals surface area contributed by atoms with Gasteiger partial charge in [-0.05, 0) is 61.5 Å². The highest BCUT2D eigenvalue weighted by Crippen LogP contribution is 2.22. The smallest absolute Gasteiger partial charge is 0.301 e. The van der Waals surface area contributed by atoms with Crippen LogP contribution < -0.4 is 5.32 Å². The van der Waals surface area contributed by atoms with Gasteiger partial charge in [-0.3, -0.25) is 4.79 Å². The minimum atomic E-state index is -0.333. The summed E-state index contributed by atoms with van der Waals surface area (Å²) >= 11 is 8.40. The van der Waals surface area contributed by atoms with Crippen molar-refractivity contribution in [2.45, 2.75) is 0 Å². The maximum atomic E-state index is 11.1. The van der Waals surface area contributed by atoms with E-state index in [4.69, 9.17) is 0 Å². The van der Waals surface area contributed by atoms with Crippen molar-refractivity contribution in [3.63, 3.8) is 0 Å². The number of amides is 1. The first-order valence-corrected chi connectivity index (χ1v) is 6.17. The van der Waals surface area contributed by atoms with Gasteiger partial charge in [-0.25, -0.2) is 0 Å². The monoisotopic (exact) mass is 427 g/mol. The van der Waals surface area contributed by atoms with Crippen molar-refractivity contribution >= 4 is 66.0 Å². The maximum Gasteiger partial charge on any atom is 0.301 e. The fraction of sp³-hybridized carbons (Fsp3) is 0. The molecule has 0 saturated heterocycles. The second-order valence-electron chi connectivity index (χ2n) is 2.30. The normalized spacial score (nSPS) is 8.79. The minimum Gasteiger partial charge on any atom is -0.315 e. The lowest BCUT2D eigenvalue weighted by Crippen LogP contribution is -2.08. The van der Waals surface area contributed by atoms with Gasteiger partial charge in [0.25, 0.3) is 0 Å². The third-order valence-electron chi connectivity index (χ3n) is 1.34. The van der Waals surface area contributed by atoms with E-state index >= 15 is 0 Å². The molecule has 1 aromatic rings. The first kappa shape index (κ1) is 12.0. The molecule has 0 unspecified atom stereocenters. The number of benzene rings is 1. The number of hydrogen-bond acceptors (Lipinski definition) is 1. The molecule has 1 aromatic carbocycles. The van der Waals surface area contributed by atoms with Gasteiger partial charge in [-0.15, -0.1) is 0 Å². The molecule has 0 radical (unpaired) electrons. The predicted octanol–water partition coefficient (Wildman–Crippen LogP) is 3.35. The average molecular weight is 429 g/mol. The summed E-state index contributed by atoms with van der Waals surface area (Å²) in [4.78, 5) is 13.4. The molecule has 0 bridgehead atoms. The zero-order valence-corrected chi connectivity index (χ0v) is 12.1. The molecule has 0 aliphatic rings. The molecule has 0 fully saturated rings. The van der Waals surface area contributed by atoms with Gasteiger partial charge in [0.1, 0.15) is 0 Å². The van der Waals surface area contributed by atoms with E-state index < -0.39 is 0 Å². The predicted molar refractivity (Wildman–Crippen MR) is 72.2 cm³/mol. The van der Waals surface area contributed by atoms with Crippen LogP contribution in [0.15, 0.2) is 22.7 Å². The van der Waals surface area contributed by atoms with Crippen molar-refractivity contribution in [3.8, 4) is 10.8 Å². The molecule has 0 atom stereocenters. The van der Waals surface area contributed by atoms with Gasteiger partial charge in [0.05, 0.1) is 0 Å². The summed E-state index contributed by atoms with van der Waals surface area (Å²) in [6.07, 6.45) is 0. The standard InChI is InChI=1S/C9H4Br2INO/c10-4-3-9(14)13-6-1-2-7(11)8(12)5-6/h1-2,5H,(H,13,14). The summed E-state index contributed by atoms with van der Waals surface area (Å²) in [5, 5.41) is 2.64. The van der Waals surface area contributed by atoms with E-state index in [-0.39, 0.29) is 5.91 Å². The molecule has 1 rings (SSSR count). The van der Waals surface area contributed by atoms with Gasteiger partial charge in [0.15, 0.2) is 0 Å². The molecule has 72 valence electrons. The van der Waals surface area contributed by atoms with Crippen molar-refractivity contribution in [3.05, 3.63) is 26.2 Å². The Morgan fingerprint density at radius 2 is 2.21 bits per heavy atom. The molecule has 0 heterocycles. The number of carbonyl (C=O) groups excluding carboxylic acids is 1. The second-order valence-corrected chi connectivity index (χ2v) is 4.72. The third-order valence-corrected chi connectivity index (χ3v) is 3.86. The van der Waals surface area contributed by atoms with Crippen LogP contribution in [0.5, 0.6) is 0 Å².